The third kappa shape index (κ3) is 2.00. The normalized spacial score (nSPS) is 10.1. The number of methoxy groups -OCH3 is 2. The minimum Gasteiger partial charge on any atom is -0.497 e. The molecule has 0 saturated heterocycles. The summed E-state index contributed by atoms with van der Waals surface area (Å²) in [5, 5.41) is 12.5. The number of hydrogen-bond donors (Lipinski definition) is 1. The predicted octanol–water partition coefficient (Wildman–Crippen LogP) is 2.06. The molecule has 0 bridgehead atoms. The maximum absolute atomic E-state index is 11.0. The minimum atomic E-state index is -1.11. The lowest BCUT2D eigenvalue weighted by Gasteiger charge is -2.08. The topological polar surface area (TPSA) is 81.8 Å². The minimum absolute atomic E-state index is 0.0153. The van der Waals surface area contributed by atoms with Gasteiger partial charge in [-0.2, -0.15) is 0 Å². The molecule has 0 atom stereocenters. The highest BCUT2D eigenvalue weighted by atomic mass is 16.5. The molecule has 0 spiro atoms. The number of ether oxygens (including phenoxy) is 2. The van der Waals surface area contributed by atoms with Crippen LogP contribution in [0.2, 0.25) is 0 Å². The summed E-state index contributed by atoms with van der Waals surface area (Å²) < 4.78 is 15.2. The highest BCUT2D eigenvalue weighted by Crippen LogP contribution is 2.35. The van der Waals surface area contributed by atoms with E-state index in [4.69, 9.17) is 19.1 Å². The van der Waals surface area contributed by atoms with E-state index in [1.54, 1.807) is 18.2 Å². The van der Waals surface area contributed by atoms with E-state index in [1.807, 2.05) is 0 Å². The van der Waals surface area contributed by atoms with E-state index in [1.165, 1.54) is 14.2 Å². The van der Waals surface area contributed by atoms with E-state index in [9.17, 15) is 4.79 Å². The van der Waals surface area contributed by atoms with Crippen molar-refractivity contribution in [2.24, 2.45) is 0 Å². The lowest BCUT2D eigenvalue weighted by atomic mass is 10.1. The summed E-state index contributed by atoms with van der Waals surface area (Å²) >= 11 is 0. The van der Waals surface area contributed by atoms with Crippen LogP contribution in [0.25, 0.3) is 11.3 Å². The Kier molecular flexibility index (Phi) is 3.18. The molecule has 0 amide bonds. The molecule has 0 aliphatic heterocycles. The molecule has 0 unspecified atom stereocenters. The van der Waals surface area contributed by atoms with Crippen LogP contribution >= 0.6 is 0 Å². The molecule has 0 saturated carbocycles. The molecule has 1 aromatic heterocycles. The van der Waals surface area contributed by atoms with Crippen molar-refractivity contribution in [2.45, 2.75) is 0 Å². The number of aromatic nitrogens is 1. The summed E-state index contributed by atoms with van der Waals surface area (Å²) in [5.74, 6) is 0.103. The average Bonchev–Trinajstić information content (AvgIpc) is 2.87. The van der Waals surface area contributed by atoms with Crippen LogP contribution in [0.5, 0.6) is 11.5 Å². The Morgan fingerprint density at radius 3 is 2.72 bits per heavy atom. The fourth-order valence-corrected chi connectivity index (χ4v) is 1.57. The monoisotopic (exact) mass is 249 g/mol. The Hall–Kier alpha value is -2.50. The first kappa shape index (κ1) is 12.0. The highest BCUT2D eigenvalue weighted by Gasteiger charge is 2.20. The summed E-state index contributed by atoms with van der Waals surface area (Å²) in [5.41, 5.74) is 0.492. The second-order valence-electron chi connectivity index (χ2n) is 3.44. The zero-order chi connectivity index (χ0) is 13.1. The van der Waals surface area contributed by atoms with Crippen LogP contribution in [0, 0.1) is 0 Å². The van der Waals surface area contributed by atoms with Crippen LogP contribution < -0.4 is 9.47 Å². The van der Waals surface area contributed by atoms with Crippen LogP contribution in [-0.2, 0) is 0 Å². The van der Waals surface area contributed by atoms with Gasteiger partial charge in [0.1, 0.15) is 17.1 Å². The van der Waals surface area contributed by atoms with Gasteiger partial charge in [0, 0.05) is 6.07 Å². The maximum Gasteiger partial charge on any atom is 0.341 e. The van der Waals surface area contributed by atoms with Crippen molar-refractivity contribution in [3.8, 4) is 22.8 Å². The van der Waals surface area contributed by atoms with Crippen LogP contribution in [0.3, 0.4) is 0 Å². The van der Waals surface area contributed by atoms with E-state index in [2.05, 4.69) is 5.16 Å². The zero-order valence-electron chi connectivity index (χ0n) is 9.84. The van der Waals surface area contributed by atoms with Gasteiger partial charge >= 0.3 is 5.97 Å². The Morgan fingerprint density at radius 1 is 1.33 bits per heavy atom. The molecule has 2 aromatic rings. The Bertz CT molecular complexity index is 576. The Balaban J connectivity index is 2.56. The second-order valence-corrected chi connectivity index (χ2v) is 3.44. The second kappa shape index (κ2) is 4.79. The van der Waals surface area contributed by atoms with Gasteiger partial charge in [0.25, 0.3) is 0 Å². The van der Waals surface area contributed by atoms with Gasteiger partial charge in [-0.15, -0.1) is 0 Å². The Morgan fingerprint density at radius 2 is 2.11 bits per heavy atom. The number of carboxylic acid groups (broad SMARTS) is 1. The molecule has 18 heavy (non-hydrogen) atoms. The summed E-state index contributed by atoms with van der Waals surface area (Å²) in [7, 11) is 3.01. The third-order valence-corrected chi connectivity index (χ3v) is 2.45. The molecule has 94 valence electrons. The summed E-state index contributed by atoms with van der Waals surface area (Å²) in [6.45, 7) is 0. The van der Waals surface area contributed by atoms with Crippen molar-refractivity contribution in [1.29, 1.82) is 0 Å². The molecule has 0 radical (unpaired) electrons. The number of aromatic carboxylic acids is 1. The summed E-state index contributed by atoms with van der Waals surface area (Å²) in [4.78, 5) is 11.0. The molecule has 0 aliphatic rings. The summed E-state index contributed by atoms with van der Waals surface area (Å²) in [6, 6.07) is 4.99. The van der Waals surface area contributed by atoms with E-state index < -0.39 is 5.97 Å². The van der Waals surface area contributed by atoms with Gasteiger partial charge in [-0.3, -0.25) is 0 Å². The molecule has 6 heteroatoms. The molecule has 1 heterocycles. The molecular formula is C12H11NO5. The van der Waals surface area contributed by atoms with Gasteiger partial charge in [0.05, 0.1) is 26.0 Å². The van der Waals surface area contributed by atoms with Crippen molar-refractivity contribution < 1.29 is 23.9 Å². The fourth-order valence-electron chi connectivity index (χ4n) is 1.57. The first-order valence-electron chi connectivity index (χ1n) is 5.07. The molecular weight excluding hydrogens is 238 g/mol. The van der Waals surface area contributed by atoms with Crippen molar-refractivity contribution in [3.63, 3.8) is 0 Å². The molecule has 0 aliphatic carbocycles. The molecule has 2 rings (SSSR count). The average molecular weight is 249 g/mol. The van der Waals surface area contributed by atoms with Gasteiger partial charge < -0.3 is 19.1 Å². The molecule has 1 N–H and O–H groups in total. The van der Waals surface area contributed by atoms with Crippen molar-refractivity contribution >= 4 is 5.97 Å². The van der Waals surface area contributed by atoms with Gasteiger partial charge in [0.15, 0.2) is 5.76 Å². The van der Waals surface area contributed by atoms with Gasteiger partial charge in [-0.25, -0.2) is 4.79 Å². The van der Waals surface area contributed by atoms with E-state index >= 15 is 0 Å². The number of benzene rings is 1. The Labute approximate surface area is 103 Å². The van der Waals surface area contributed by atoms with E-state index in [-0.39, 0.29) is 11.3 Å². The van der Waals surface area contributed by atoms with Crippen LogP contribution in [0.1, 0.15) is 10.4 Å². The largest absolute Gasteiger partial charge is 0.497 e. The standard InChI is InChI=1S/C12H11NO5/c1-16-7-3-4-8(10(5-7)17-2)11-9(12(14)15)6-13-18-11/h3-6H,1-2H3,(H,14,15). The van der Waals surface area contributed by atoms with E-state index in [0.29, 0.717) is 17.1 Å². The highest BCUT2D eigenvalue weighted by molar-refractivity contribution is 5.94. The zero-order valence-corrected chi connectivity index (χ0v) is 9.84. The van der Waals surface area contributed by atoms with Crippen LogP contribution in [-0.4, -0.2) is 30.5 Å². The first-order valence-corrected chi connectivity index (χ1v) is 5.07. The first-order chi connectivity index (χ1) is 8.67. The summed E-state index contributed by atoms with van der Waals surface area (Å²) in [6.07, 6.45) is 1.15. The molecule has 1 aromatic carbocycles. The van der Waals surface area contributed by atoms with E-state index in [0.717, 1.165) is 6.20 Å². The lowest BCUT2D eigenvalue weighted by Crippen LogP contribution is -1.97. The quantitative estimate of drug-likeness (QED) is 0.893. The number of hydrogen-bond acceptors (Lipinski definition) is 5. The van der Waals surface area contributed by atoms with Crippen molar-refractivity contribution in [1.82, 2.24) is 5.16 Å². The molecule has 0 fully saturated rings. The smallest absolute Gasteiger partial charge is 0.341 e. The number of rotatable bonds is 4. The molecule has 6 nitrogen and oxygen atoms in total. The number of carbonyl (C=O) groups is 1. The third-order valence-electron chi connectivity index (χ3n) is 2.45. The number of carboxylic acids is 1. The van der Waals surface area contributed by atoms with Gasteiger partial charge in [0.2, 0.25) is 0 Å². The van der Waals surface area contributed by atoms with Crippen LogP contribution in [0.15, 0.2) is 28.9 Å². The van der Waals surface area contributed by atoms with Crippen molar-refractivity contribution in [3.05, 3.63) is 30.0 Å². The van der Waals surface area contributed by atoms with Crippen molar-refractivity contribution in [2.75, 3.05) is 14.2 Å². The lowest BCUT2D eigenvalue weighted by molar-refractivity contribution is 0.0697. The van der Waals surface area contributed by atoms with Gasteiger partial charge in [-0.1, -0.05) is 5.16 Å². The van der Waals surface area contributed by atoms with Gasteiger partial charge in [-0.05, 0) is 12.1 Å². The maximum atomic E-state index is 11.0. The SMILES string of the molecule is COc1ccc(-c2oncc2C(=O)O)c(OC)c1. The van der Waals surface area contributed by atoms with Crippen LogP contribution in [0.4, 0.5) is 0 Å². The fraction of sp³-hybridized carbons (Fsp3) is 0.167. The number of nitrogens with zero attached hydrogens (tertiary/aromatic N) is 1. The predicted molar refractivity (Wildman–Crippen MR) is 62.0 cm³/mol.